The highest BCUT2D eigenvalue weighted by molar-refractivity contribution is 6.30. The summed E-state index contributed by atoms with van der Waals surface area (Å²) in [4.78, 5) is 0. The van der Waals surface area contributed by atoms with Gasteiger partial charge in [-0.25, -0.2) is 0 Å². The largest absolute Gasteiger partial charge is 0.0843 e. The van der Waals surface area contributed by atoms with Crippen molar-refractivity contribution in [1.82, 2.24) is 0 Å². The first kappa shape index (κ1) is 14.4. The first-order chi connectivity index (χ1) is 9.24. The Morgan fingerprint density at radius 1 is 0.526 bits per heavy atom. The fourth-order valence-corrected chi connectivity index (χ4v) is 2.39. The Morgan fingerprint density at radius 3 is 1.26 bits per heavy atom. The maximum Gasteiger partial charge on any atom is 0.0406 e. The second-order valence-electron chi connectivity index (χ2n) is 4.81. The molecule has 0 radical (unpaired) electrons. The molecule has 0 aromatic heterocycles. The number of hydrogen-bond donors (Lipinski definition) is 0. The maximum atomic E-state index is 5.86. The van der Waals surface area contributed by atoms with Crippen LogP contribution >= 0.6 is 23.2 Å². The van der Waals surface area contributed by atoms with Crippen molar-refractivity contribution >= 4 is 23.2 Å². The Morgan fingerprint density at radius 2 is 0.895 bits per heavy atom. The molecule has 0 atom stereocenters. The number of benzene rings is 2. The van der Waals surface area contributed by atoms with Crippen molar-refractivity contribution in [2.75, 3.05) is 0 Å². The molecule has 0 bridgehead atoms. The molecule has 0 unspecified atom stereocenters. The molecule has 2 heteroatoms. The highest BCUT2D eigenvalue weighted by Gasteiger charge is 1.96. The monoisotopic (exact) mass is 292 g/mol. The van der Waals surface area contributed by atoms with Crippen LogP contribution in [0.3, 0.4) is 0 Å². The van der Waals surface area contributed by atoms with Crippen molar-refractivity contribution in [3.05, 3.63) is 69.7 Å². The van der Waals surface area contributed by atoms with Crippen molar-refractivity contribution in [2.24, 2.45) is 0 Å². The van der Waals surface area contributed by atoms with Crippen LogP contribution in [0.2, 0.25) is 10.0 Å². The van der Waals surface area contributed by atoms with Gasteiger partial charge >= 0.3 is 0 Å². The molecule has 0 aliphatic rings. The van der Waals surface area contributed by atoms with E-state index in [-0.39, 0.29) is 0 Å². The summed E-state index contributed by atoms with van der Waals surface area (Å²) in [7, 11) is 0. The predicted octanol–water partition coefficient (Wildman–Crippen LogP) is 5.95. The van der Waals surface area contributed by atoms with Gasteiger partial charge in [0.1, 0.15) is 0 Å². The van der Waals surface area contributed by atoms with Gasteiger partial charge in [-0.3, -0.25) is 0 Å². The summed E-state index contributed by atoms with van der Waals surface area (Å²) in [5.41, 5.74) is 2.74. The molecule has 2 rings (SSSR count). The third-order valence-corrected chi connectivity index (χ3v) is 3.76. The van der Waals surface area contributed by atoms with E-state index < -0.39 is 0 Å². The van der Waals surface area contributed by atoms with Crippen molar-refractivity contribution in [1.29, 1.82) is 0 Å². The van der Waals surface area contributed by atoms with Gasteiger partial charge in [-0.15, -0.1) is 0 Å². The van der Waals surface area contributed by atoms with E-state index in [1.807, 2.05) is 24.3 Å². The van der Waals surface area contributed by atoms with E-state index in [1.165, 1.54) is 30.4 Å². The highest BCUT2D eigenvalue weighted by Crippen LogP contribution is 2.14. The Hall–Kier alpha value is -0.980. The van der Waals surface area contributed by atoms with Crippen LogP contribution in [0.25, 0.3) is 0 Å². The van der Waals surface area contributed by atoms with E-state index in [0.29, 0.717) is 0 Å². The zero-order valence-corrected chi connectivity index (χ0v) is 12.4. The number of hydrogen-bond acceptors (Lipinski definition) is 0. The molecular weight excluding hydrogens is 275 g/mol. The summed E-state index contributed by atoms with van der Waals surface area (Å²) in [5, 5.41) is 1.62. The third kappa shape index (κ3) is 5.26. The molecule has 100 valence electrons. The SMILES string of the molecule is Clc1ccc(CCCCCc2ccc(Cl)cc2)cc1. The molecule has 0 N–H and O–H groups in total. The van der Waals surface area contributed by atoms with Gasteiger partial charge in [0.2, 0.25) is 0 Å². The zero-order valence-electron chi connectivity index (χ0n) is 10.9. The smallest absolute Gasteiger partial charge is 0.0406 e. The molecule has 2 aromatic carbocycles. The molecule has 0 saturated carbocycles. The molecule has 0 heterocycles. The van der Waals surface area contributed by atoms with Crippen LogP contribution in [-0.4, -0.2) is 0 Å². The van der Waals surface area contributed by atoms with E-state index in [0.717, 1.165) is 22.9 Å². The summed E-state index contributed by atoms with van der Waals surface area (Å²) in [6, 6.07) is 16.3. The molecule has 0 fully saturated rings. The van der Waals surface area contributed by atoms with Crippen molar-refractivity contribution in [3.63, 3.8) is 0 Å². The minimum absolute atomic E-state index is 0.812. The van der Waals surface area contributed by atoms with Crippen LogP contribution in [0.5, 0.6) is 0 Å². The van der Waals surface area contributed by atoms with Crippen LogP contribution in [-0.2, 0) is 12.8 Å². The van der Waals surface area contributed by atoms with Crippen LogP contribution < -0.4 is 0 Å². The van der Waals surface area contributed by atoms with Gasteiger partial charge in [-0.2, -0.15) is 0 Å². The minimum Gasteiger partial charge on any atom is -0.0843 e. The lowest BCUT2D eigenvalue weighted by Crippen LogP contribution is -1.88. The van der Waals surface area contributed by atoms with Gasteiger partial charge in [-0.05, 0) is 61.1 Å². The van der Waals surface area contributed by atoms with Gasteiger partial charge in [0.05, 0.1) is 0 Å². The first-order valence-electron chi connectivity index (χ1n) is 6.73. The summed E-state index contributed by atoms with van der Waals surface area (Å²) < 4.78 is 0. The summed E-state index contributed by atoms with van der Waals surface area (Å²) in [6.45, 7) is 0. The fourth-order valence-electron chi connectivity index (χ4n) is 2.14. The quantitative estimate of drug-likeness (QED) is 0.577. The Balaban J connectivity index is 1.64. The van der Waals surface area contributed by atoms with Crippen LogP contribution in [0.15, 0.2) is 48.5 Å². The first-order valence-corrected chi connectivity index (χ1v) is 7.48. The summed E-state index contributed by atoms with van der Waals surface area (Å²) >= 11 is 11.7. The molecule has 0 aliphatic heterocycles. The minimum atomic E-state index is 0.812. The lowest BCUT2D eigenvalue weighted by Gasteiger charge is -2.03. The van der Waals surface area contributed by atoms with Crippen molar-refractivity contribution in [3.8, 4) is 0 Å². The Kier molecular flexibility index (Phi) is 5.75. The number of rotatable bonds is 6. The molecule has 19 heavy (non-hydrogen) atoms. The lowest BCUT2D eigenvalue weighted by molar-refractivity contribution is 0.678. The van der Waals surface area contributed by atoms with Gasteiger partial charge in [-0.1, -0.05) is 53.9 Å². The molecule has 0 nitrogen and oxygen atoms in total. The standard InChI is InChI=1S/C17H18Cl2/c18-16-10-6-14(7-11-16)4-2-1-3-5-15-8-12-17(19)13-9-15/h6-13H,1-5H2. The second kappa shape index (κ2) is 7.57. The van der Waals surface area contributed by atoms with E-state index in [9.17, 15) is 0 Å². The highest BCUT2D eigenvalue weighted by atomic mass is 35.5. The zero-order chi connectivity index (χ0) is 13.5. The Bertz CT molecular complexity index is 438. The van der Waals surface area contributed by atoms with Gasteiger partial charge in [0, 0.05) is 10.0 Å². The summed E-state index contributed by atoms with van der Waals surface area (Å²) in [6.07, 6.45) is 5.99. The molecule has 0 spiro atoms. The average Bonchev–Trinajstić information content (AvgIpc) is 2.43. The van der Waals surface area contributed by atoms with Crippen LogP contribution in [0.1, 0.15) is 30.4 Å². The molecule has 0 saturated heterocycles. The van der Waals surface area contributed by atoms with Crippen molar-refractivity contribution < 1.29 is 0 Å². The molecule has 0 amide bonds. The fraction of sp³-hybridized carbons (Fsp3) is 0.294. The van der Waals surface area contributed by atoms with Gasteiger partial charge < -0.3 is 0 Å². The Labute approximate surface area is 125 Å². The molecule has 2 aromatic rings. The molecule has 0 aliphatic carbocycles. The predicted molar refractivity (Wildman–Crippen MR) is 84.2 cm³/mol. The number of halogens is 2. The van der Waals surface area contributed by atoms with Crippen molar-refractivity contribution in [2.45, 2.75) is 32.1 Å². The van der Waals surface area contributed by atoms with Crippen LogP contribution in [0, 0.1) is 0 Å². The second-order valence-corrected chi connectivity index (χ2v) is 5.69. The van der Waals surface area contributed by atoms with E-state index in [4.69, 9.17) is 23.2 Å². The topological polar surface area (TPSA) is 0 Å². The third-order valence-electron chi connectivity index (χ3n) is 3.26. The lowest BCUT2D eigenvalue weighted by atomic mass is 10.0. The van der Waals surface area contributed by atoms with Gasteiger partial charge in [0.25, 0.3) is 0 Å². The maximum absolute atomic E-state index is 5.86. The van der Waals surface area contributed by atoms with Crippen LogP contribution in [0.4, 0.5) is 0 Å². The average molecular weight is 293 g/mol. The van der Waals surface area contributed by atoms with E-state index in [1.54, 1.807) is 0 Å². The molecular formula is C17H18Cl2. The van der Waals surface area contributed by atoms with E-state index in [2.05, 4.69) is 24.3 Å². The number of unbranched alkanes of at least 4 members (excludes halogenated alkanes) is 2. The van der Waals surface area contributed by atoms with E-state index >= 15 is 0 Å². The number of aryl methyl sites for hydroxylation is 2. The summed E-state index contributed by atoms with van der Waals surface area (Å²) in [5.74, 6) is 0. The normalized spacial score (nSPS) is 10.6. The van der Waals surface area contributed by atoms with Gasteiger partial charge in [0.15, 0.2) is 0 Å².